The van der Waals surface area contributed by atoms with Gasteiger partial charge in [-0.15, -0.1) is 0 Å². The lowest BCUT2D eigenvalue weighted by molar-refractivity contribution is -0.149. The molecule has 4 heteroatoms. The molecule has 124 valence electrons. The topological polar surface area (TPSA) is 61.5 Å². The molecule has 0 bridgehead atoms. The first kappa shape index (κ1) is 16.1. The average Bonchev–Trinajstić information content (AvgIpc) is 2.83. The predicted octanol–water partition coefficient (Wildman–Crippen LogP) is 3.32. The highest BCUT2D eigenvalue weighted by molar-refractivity contribution is 5.90. The van der Waals surface area contributed by atoms with Crippen LogP contribution >= 0.6 is 0 Å². The largest absolute Gasteiger partial charge is 0.480 e. The Kier molecular flexibility index (Phi) is 4.56. The first-order valence-corrected chi connectivity index (χ1v) is 8.03. The minimum absolute atomic E-state index is 0.134. The van der Waals surface area contributed by atoms with Crippen LogP contribution in [0, 0.1) is 0 Å². The molecule has 0 fully saturated rings. The monoisotopic (exact) mass is 323 g/mol. The second-order valence-electron chi connectivity index (χ2n) is 6.12. The number of benzene rings is 2. The summed E-state index contributed by atoms with van der Waals surface area (Å²) in [6, 6.07) is 19.7. The Hall–Kier alpha value is -2.75. The maximum Gasteiger partial charge on any atom is 0.376 e. The Labute approximate surface area is 141 Å². The first-order chi connectivity index (χ1) is 11.6. The van der Waals surface area contributed by atoms with Crippen molar-refractivity contribution >= 4 is 5.97 Å². The number of nitrogens with two attached hydrogens (primary N) is 1. The van der Waals surface area contributed by atoms with Gasteiger partial charge in [-0.05, 0) is 30.9 Å². The van der Waals surface area contributed by atoms with Crippen molar-refractivity contribution < 1.29 is 14.3 Å². The summed E-state index contributed by atoms with van der Waals surface area (Å²) < 4.78 is 11.2. The molecule has 2 aromatic carbocycles. The lowest BCUT2D eigenvalue weighted by Gasteiger charge is -2.23. The van der Waals surface area contributed by atoms with Crippen LogP contribution in [0.5, 0.6) is 0 Å². The van der Waals surface area contributed by atoms with Crippen molar-refractivity contribution in [2.24, 2.45) is 5.73 Å². The lowest BCUT2D eigenvalue weighted by Crippen LogP contribution is -2.32. The van der Waals surface area contributed by atoms with Gasteiger partial charge in [-0.1, -0.05) is 60.7 Å². The summed E-state index contributed by atoms with van der Waals surface area (Å²) in [5.41, 5.74) is 7.90. The number of hydrogen-bond donors (Lipinski definition) is 1. The van der Waals surface area contributed by atoms with Crippen LogP contribution in [0.15, 0.2) is 72.1 Å². The maximum atomic E-state index is 12.1. The smallest absolute Gasteiger partial charge is 0.376 e. The molecular formula is C20H21NO3. The van der Waals surface area contributed by atoms with Crippen molar-refractivity contribution in [1.82, 2.24) is 0 Å². The molecule has 0 spiro atoms. The van der Waals surface area contributed by atoms with Crippen LogP contribution in [0.2, 0.25) is 0 Å². The van der Waals surface area contributed by atoms with Gasteiger partial charge in [0.05, 0.1) is 0 Å². The van der Waals surface area contributed by atoms with Crippen molar-refractivity contribution in [3.63, 3.8) is 0 Å². The Morgan fingerprint density at radius 2 is 1.58 bits per heavy atom. The van der Waals surface area contributed by atoms with Gasteiger partial charge in [-0.25, -0.2) is 4.79 Å². The summed E-state index contributed by atoms with van der Waals surface area (Å²) in [4.78, 5) is 12.1. The number of carbonyl (C=O) groups excluding carboxylic acids is 1. The number of esters is 1. The zero-order valence-electron chi connectivity index (χ0n) is 13.7. The van der Waals surface area contributed by atoms with Crippen molar-refractivity contribution in [3.05, 3.63) is 83.2 Å². The van der Waals surface area contributed by atoms with Gasteiger partial charge in [0, 0.05) is 0 Å². The van der Waals surface area contributed by atoms with E-state index in [0.717, 1.165) is 12.0 Å². The third-order valence-electron chi connectivity index (χ3n) is 4.28. The molecule has 1 heterocycles. The van der Waals surface area contributed by atoms with E-state index in [2.05, 4.69) is 0 Å². The zero-order chi connectivity index (χ0) is 17.0. The van der Waals surface area contributed by atoms with Crippen LogP contribution in [0.3, 0.4) is 0 Å². The second-order valence-corrected chi connectivity index (χ2v) is 6.12. The molecule has 1 atom stereocenters. The summed E-state index contributed by atoms with van der Waals surface area (Å²) in [5, 5.41) is 0. The fourth-order valence-electron chi connectivity index (χ4n) is 2.74. The molecule has 0 saturated carbocycles. The first-order valence-electron chi connectivity index (χ1n) is 8.03. The molecule has 24 heavy (non-hydrogen) atoms. The molecule has 3 rings (SSSR count). The SMILES string of the molecule is C[C@@]1(CCc2ccccc2)OC(=O)C(OCc2ccccc2)=C1N. The summed E-state index contributed by atoms with van der Waals surface area (Å²) in [7, 11) is 0. The molecule has 4 nitrogen and oxygen atoms in total. The van der Waals surface area contributed by atoms with Crippen LogP contribution < -0.4 is 5.73 Å². The predicted molar refractivity (Wildman–Crippen MR) is 91.7 cm³/mol. The average molecular weight is 323 g/mol. The molecule has 0 saturated heterocycles. The van der Waals surface area contributed by atoms with E-state index in [1.54, 1.807) is 0 Å². The van der Waals surface area contributed by atoms with Crippen molar-refractivity contribution in [1.29, 1.82) is 0 Å². The van der Waals surface area contributed by atoms with E-state index in [0.29, 0.717) is 18.7 Å². The van der Waals surface area contributed by atoms with E-state index in [9.17, 15) is 4.79 Å². The molecule has 0 aromatic heterocycles. The summed E-state index contributed by atoms with van der Waals surface area (Å²) in [6.45, 7) is 2.13. The Morgan fingerprint density at radius 1 is 1.00 bits per heavy atom. The molecule has 1 aliphatic heterocycles. The summed E-state index contributed by atoms with van der Waals surface area (Å²) in [6.07, 6.45) is 1.39. The van der Waals surface area contributed by atoms with Crippen LogP contribution in [-0.4, -0.2) is 11.6 Å². The van der Waals surface area contributed by atoms with Crippen LogP contribution in [-0.2, 0) is 27.3 Å². The normalized spacial score (nSPS) is 20.1. The second kappa shape index (κ2) is 6.79. The van der Waals surface area contributed by atoms with E-state index < -0.39 is 11.6 Å². The lowest BCUT2D eigenvalue weighted by atomic mass is 9.94. The minimum Gasteiger partial charge on any atom is -0.480 e. The molecule has 0 radical (unpaired) electrons. The Balaban J connectivity index is 1.68. The fraction of sp³-hybridized carbons (Fsp3) is 0.250. The molecule has 0 amide bonds. The third kappa shape index (κ3) is 3.43. The maximum absolute atomic E-state index is 12.1. The molecular weight excluding hydrogens is 302 g/mol. The fourth-order valence-corrected chi connectivity index (χ4v) is 2.74. The minimum atomic E-state index is -0.820. The molecule has 2 aromatic rings. The number of hydrogen-bond acceptors (Lipinski definition) is 4. The summed E-state index contributed by atoms with van der Waals surface area (Å²) in [5.74, 6) is -0.353. The van der Waals surface area contributed by atoms with Crippen molar-refractivity contribution in [2.45, 2.75) is 32.0 Å². The van der Waals surface area contributed by atoms with Gasteiger partial charge in [-0.3, -0.25) is 0 Å². The molecule has 0 aliphatic carbocycles. The molecule has 0 unspecified atom stereocenters. The quantitative estimate of drug-likeness (QED) is 0.828. The van der Waals surface area contributed by atoms with E-state index in [-0.39, 0.29) is 5.76 Å². The van der Waals surface area contributed by atoms with Crippen LogP contribution in [0.4, 0.5) is 0 Å². The van der Waals surface area contributed by atoms with E-state index in [1.165, 1.54) is 5.56 Å². The highest BCUT2D eigenvalue weighted by Gasteiger charge is 2.43. The van der Waals surface area contributed by atoms with Gasteiger partial charge in [0.2, 0.25) is 5.76 Å². The number of rotatable bonds is 6. The number of ether oxygens (including phenoxy) is 2. The zero-order valence-corrected chi connectivity index (χ0v) is 13.7. The third-order valence-corrected chi connectivity index (χ3v) is 4.28. The Bertz CT molecular complexity index is 740. The van der Waals surface area contributed by atoms with Crippen LogP contribution in [0.25, 0.3) is 0 Å². The van der Waals surface area contributed by atoms with Gasteiger partial charge in [0.25, 0.3) is 0 Å². The Morgan fingerprint density at radius 3 is 2.21 bits per heavy atom. The molecule has 2 N–H and O–H groups in total. The van der Waals surface area contributed by atoms with E-state index in [4.69, 9.17) is 15.2 Å². The number of cyclic esters (lactones) is 1. The standard InChI is InChI=1S/C20H21NO3/c1-20(13-12-15-8-4-2-5-9-15)18(21)17(19(22)24-20)23-14-16-10-6-3-7-11-16/h2-11H,12-14,21H2,1H3/t20-/m0/s1. The number of aryl methyl sites for hydroxylation is 1. The summed E-state index contributed by atoms with van der Waals surface area (Å²) >= 11 is 0. The van der Waals surface area contributed by atoms with Gasteiger partial charge >= 0.3 is 5.97 Å². The van der Waals surface area contributed by atoms with Gasteiger partial charge in [0.1, 0.15) is 12.3 Å². The van der Waals surface area contributed by atoms with Crippen LogP contribution in [0.1, 0.15) is 24.5 Å². The molecule has 1 aliphatic rings. The van der Waals surface area contributed by atoms with E-state index in [1.807, 2.05) is 67.6 Å². The van der Waals surface area contributed by atoms with Crippen molar-refractivity contribution in [3.8, 4) is 0 Å². The highest BCUT2D eigenvalue weighted by atomic mass is 16.6. The highest BCUT2D eigenvalue weighted by Crippen LogP contribution is 2.34. The van der Waals surface area contributed by atoms with Crippen molar-refractivity contribution in [2.75, 3.05) is 0 Å². The van der Waals surface area contributed by atoms with Gasteiger partial charge < -0.3 is 15.2 Å². The van der Waals surface area contributed by atoms with E-state index >= 15 is 0 Å². The number of carbonyl (C=O) groups is 1. The van der Waals surface area contributed by atoms with Gasteiger partial charge in [0.15, 0.2) is 5.60 Å². The van der Waals surface area contributed by atoms with Gasteiger partial charge in [-0.2, -0.15) is 0 Å².